The minimum atomic E-state index is -0.746. The van der Waals surface area contributed by atoms with Gasteiger partial charge in [0.1, 0.15) is 0 Å². The van der Waals surface area contributed by atoms with Crippen LogP contribution in [0.25, 0.3) is 83.1 Å². The number of nitriles is 1. The molecular formula is C95H62BN5. The Labute approximate surface area is 587 Å². The fourth-order valence-corrected chi connectivity index (χ4v) is 18.2. The second-order valence-electron chi connectivity index (χ2n) is 28.2. The number of fused-ring (bicyclic) bond motifs is 7. The van der Waals surface area contributed by atoms with Crippen molar-refractivity contribution in [1.82, 2.24) is 4.57 Å². The highest BCUT2D eigenvalue weighted by Gasteiger charge is 2.55. The molecule has 101 heavy (non-hydrogen) atoms. The molecule has 5 aliphatic heterocycles. The third-order valence-electron chi connectivity index (χ3n) is 22.7. The lowest BCUT2D eigenvalue weighted by Gasteiger charge is -2.47. The van der Waals surface area contributed by atoms with Gasteiger partial charge in [-0.2, -0.15) is 5.26 Å². The molecule has 0 radical (unpaired) electrons. The minimum absolute atomic E-state index is 0.298. The van der Waals surface area contributed by atoms with E-state index in [-0.39, 0.29) is 6.71 Å². The topological polar surface area (TPSA) is 38.4 Å². The van der Waals surface area contributed by atoms with Crippen LogP contribution >= 0.6 is 0 Å². The summed E-state index contributed by atoms with van der Waals surface area (Å²) in [5, 5.41) is 12.7. The predicted molar refractivity (Wildman–Crippen MR) is 419 cm³/mol. The first-order valence-corrected chi connectivity index (χ1v) is 35.1. The predicted octanol–water partition coefficient (Wildman–Crippen LogP) is 22.2. The smallest absolute Gasteiger partial charge is 0.252 e. The summed E-state index contributed by atoms with van der Waals surface area (Å²) >= 11 is 0. The van der Waals surface area contributed by atoms with Crippen molar-refractivity contribution in [2.45, 2.75) is 24.7 Å². The molecule has 6 heterocycles. The van der Waals surface area contributed by atoms with Crippen LogP contribution in [-0.4, -0.2) is 11.3 Å². The van der Waals surface area contributed by atoms with Gasteiger partial charge in [0.25, 0.3) is 6.71 Å². The lowest BCUT2D eigenvalue weighted by Crippen LogP contribution is -2.62. The zero-order chi connectivity index (χ0) is 66.8. The maximum Gasteiger partial charge on any atom is 0.252 e. The molecule has 6 heteroatoms. The van der Waals surface area contributed by atoms with E-state index in [1.165, 1.54) is 72.3 Å². The number of nitrogens with zero attached hydrogens (tertiary/aromatic N) is 5. The van der Waals surface area contributed by atoms with Crippen LogP contribution in [0.1, 0.15) is 52.8 Å². The van der Waals surface area contributed by atoms with Crippen molar-refractivity contribution in [3.05, 3.63) is 379 Å². The van der Waals surface area contributed by atoms with Crippen LogP contribution in [0.4, 0.5) is 51.2 Å². The van der Waals surface area contributed by atoms with Gasteiger partial charge in [0, 0.05) is 61.4 Å². The molecule has 1 unspecified atom stereocenters. The fourth-order valence-electron chi connectivity index (χ4n) is 18.2. The molecule has 0 saturated carbocycles. The maximum absolute atomic E-state index is 10.6. The summed E-state index contributed by atoms with van der Waals surface area (Å²) in [6, 6.07) is 130. The number of hydrogen-bond donors (Lipinski definition) is 0. The second kappa shape index (κ2) is 21.5. The van der Waals surface area contributed by atoms with Crippen molar-refractivity contribution in [3.63, 3.8) is 0 Å². The van der Waals surface area contributed by atoms with Gasteiger partial charge in [-0.15, -0.1) is 0 Å². The van der Waals surface area contributed by atoms with Crippen molar-refractivity contribution in [1.29, 1.82) is 5.26 Å². The van der Waals surface area contributed by atoms with Gasteiger partial charge in [0.15, 0.2) is 0 Å². The Kier molecular flexibility index (Phi) is 12.2. The zero-order valence-corrected chi connectivity index (χ0v) is 55.6. The SMILES string of the molecule is CC1(C)c2ccc3c(c2)B2c4cc5c(cc4N(c4cc(-c6ccccc6)cc(-c6ccccc6)c4)c4cc(-n6c7ccccc7c7cc(C#N)ccc76)cc(c42)N3c2c(-c3ccccc3)cccc2-c2ccccc2)-c2ccccc2C52c3ccccc3N(c3ccccc3)c3cc1ccc32. The van der Waals surface area contributed by atoms with E-state index in [0.29, 0.717) is 5.56 Å². The number of hydrogen-bond acceptors (Lipinski definition) is 4. The number of benzene rings is 15. The monoisotopic (exact) mass is 1280 g/mol. The Hall–Kier alpha value is -12.9. The van der Waals surface area contributed by atoms with Gasteiger partial charge in [0.2, 0.25) is 0 Å². The molecule has 1 aromatic heterocycles. The van der Waals surface area contributed by atoms with Crippen LogP contribution < -0.4 is 31.1 Å². The Bertz CT molecular complexity index is 6100. The summed E-state index contributed by atoms with van der Waals surface area (Å²) in [4.78, 5) is 7.86. The zero-order valence-electron chi connectivity index (χ0n) is 55.6. The molecular weight excluding hydrogens is 1220 g/mol. The molecule has 0 N–H and O–H groups in total. The Balaban J connectivity index is 0.973. The van der Waals surface area contributed by atoms with Gasteiger partial charge >= 0.3 is 0 Å². The van der Waals surface area contributed by atoms with E-state index >= 15 is 0 Å². The summed E-state index contributed by atoms with van der Waals surface area (Å²) in [5.41, 5.74) is 35.1. The van der Waals surface area contributed by atoms with Gasteiger partial charge in [-0.1, -0.05) is 263 Å². The van der Waals surface area contributed by atoms with Crippen molar-refractivity contribution in [2.75, 3.05) is 14.7 Å². The molecule has 0 amide bonds. The van der Waals surface area contributed by atoms with Gasteiger partial charge in [0.05, 0.1) is 50.8 Å². The van der Waals surface area contributed by atoms with Crippen molar-refractivity contribution < 1.29 is 0 Å². The van der Waals surface area contributed by atoms with Gasteiger partial charge in [-0.05, 0) is 185 Å². The van der Waals surface area contributed by atoms with Crippen LogP contribution in [0.15, 0.2) is 340 Å². The quantitative estimate of drug-likeness (QED) is 0.142. The molecule has 470 valence electrons. The molecule has 8 bridgehead atoms. The van der Waals surface area contributed by atoms with E-state index in [4.69, 9.17) is 0 Å². The molecule has 15 aromatic carbocycles. The molecule has 0 saturated heterocycles. The molecule has 1 aliphatic carbocycles. The van der Waals surface area contributed by atoms with E-state index in [9.17, 15) is 5.26 Å². The van der Waals surface area contributed by atoms with E-state index in [0.717, 1.165) is 112 Å². The van der Waals surface area contributed by atoms with Gasteiger partial charge in [-0.3, -0.25) is 0 Å². The standard InChI is InChI=1S/C95H62BN5/c1-94(2)67-45-48-87-82(53-67)96-83-58-81-76(74-35-18-20-39-78(74)95(81)79-40-21-23-42-86(79)98(69-33-16-7-17-34-69)88-54-68(94)44-46-80(88)95)57-89(83)100(70-51-65(61-25-8-3-9-26-61)50-66(52-70)62-27-10-4-11-28-62)90-55-71(99-84-41-22-19-36-75(84)77-49-60(59-97)43-47-85(77)99)56-91(92(90)96)101(87)93-72(63-29-12-5-13-30-63)37-24-38-73(93)64-31-14-6-15-32-64/h3-58H,1-2H3. The minimum Gasteiger partial charge on any atom is -0.311 e. The summed E-state index contributed by atoms with van der Waals surface area (Å²) in [7, 11) is 0. The Morgan fingerprint density at radius 2 is 0.851 bits per heavy atom. The summed E-state index contributed by atoms with van der Waals surface area (Å²) in [6.07, 6.45) is 0. The molecule has 5 nitrogen and oxygen atoms in total. The number of aromatic nitrogens is 1. The maximum atomic E-state index is 10.6. The summed E-state index contributed by atoms with van der Waals surface area (Å²) < 4.78 is 2.46. The molecule has 6 aliphatic rings. The van der Waals surface area contributed by atoms with Gasteiger partial charge in [-0.25, -0.2) is 0 Å². The van der Waals surface area contributed by atoms with Crippen LogP contribution in [0, 0.1) is 11.3 Å². The number of para-hydroxylation sites is 4. The molecule has 22 rings (SSSR count). The molecule has 1 spiro atoms. The lowest BCUT2D eigenvalue weighted by molar-refractivity contribution is 0.639. The first-order valence-electron chi connectivity index (χ1n) is 35.1. The van der Waals surface area contributed by atoms with Crippen molar-refractivity contribution in [2.24, 2.45) is 0 Å². The van der Waals surface area contributed by atoms with Crippen LogP contribution in [0.3, 0.4) is 0 Å². The van der Waals surface area contributed by atoms with Crippen molar-refractivity contribution in [3.8, 4) is 67.4 Å². The number of anilines is 9. The van der Waals surface area contributed by atoms with E-state index in [2.05, 4.69) is 373 Å². The Morgan fingerprint density at radius 3 is 1.54 bits per heavy atom. The fraction of sp³-hybridized carbons (Fsp3) is 0.0421. The highest BCUT2D eigenvalue weighted by atomic mass is 15.2. The van der Waals surface area contributed by atoms with Crippen LogP contribution in [0.5, 0.6) is 0 Å². The van der Waals surface area contributed by atoms with Gasteiger partial charge < -0.3 is 19.3 Å². The van der Waals surface area contributed by atoms with E-state index in [1.54, 1.807) is 0 Å². The van der Waals surface area contributed by atoms with Crippen LogP contribution in [0.2, 0.25) is 0 Å². The third kappa shape index (κ3) is 8.09. The highest BCUT2D eigenvalue weighted by Crippen LogP contribution is 2.65. The average molecular weight is 1280 g/mol. The summed E-state index contributed by atoms with van der Waals surface area (Å²) in [6.45, 7) is 4.58. The second-order valence-corrected chi connectivity index (χ2v) is 28.2. The Morgan fingerprint density at radius 1 is 0.307 bits per heavy atom. The number of rotatable bonds is 8. The first kappa shape index (κ1) is 57.2. The molecule has 0 fully saturated rings. The lowest BCUT2D eigenvalue weighted by atomic mass is 9.33. The van der Waals surface area contributed by atoms with E-state index < -0.39 is 10.8 Å². The normalized spacial score (nSPS) is 15.1. The molecule has 16 aromatic rings. The average Bonchev–Trinajstić information content (AvgIpc) is 1.60. The van der Waals surface area contributed by atoms with Crippen molar-refractivity contribution >= 4 is 96.1 Å². The largest absolute Gasteiger partial charge is 0.311 e. The molecule has 1 atom stereocenters. The third-order valence-corrected chi connectivity index (χ3v) is 22.7. The van der Waals surface area contributed by atoms with E-state index in [1.807, 2.05) is 6.07 Å². The highest BCUT2D eigenvalue weighted by molar-refractivity contribution is 7.00. The first-order chi connectivity index (χ1) is 49.8. The van der Waals surface area contributed by atoms with Crippen LogP contribution in [-0.2, 0) is 10.8 Å². The summed E-state index contributed by atoms with van der Waals surface area (Å²) in [5.74, 6) is 0.